The summed E-state index contributed by atoms with van der Waals surface area (Å²) in [7, 11) is 0. The number of anilines is 3. The highest BCUT2D eigenvalue weighted by molar-refractivity contribution is 5.68. The summed E-state index contributed by atoms with van der Waals surface area (Å²) in [5.41, 5.74) is 7.58. The first kappa shape index (κ1) is 19.7. The quantitative estimate of drug-likeness (QED) is 0.683. The molecule has 146 valence electrons. The first-order valence-corrected chi connectivity index (χ1v) is 10.4. The highest BCUT2D eigenvalue weighted by Crippen LogP contribution is 2.36. The molecule has 0 spiro atoms. The summed E-state index contributed by atoms with van der Waals surface area (Å²) in [6.45, 7) is 17.3. The van der Waals surface area contributed by atoms with Crippen molar-refractivity contribution in [2.45, 2.75) is 73.8 Å². The molecule has 2 heterocycles. The van der Waals surface area contributed by atoms with Crippen molar-refractivity contribution in [2.24, 2.45) is 0 Å². The summed E-state index contributed by atoms with van der Waals surface area (Å²) >= 11 is 0. The van der Waals surface area contributed by atoms with Gasteiger partial charge in [0.1, 0.15) is 5.82 Å². The largest absolute Gasteiger partial charge is 0.353 e. The standard InChI is InChI=1S/C23H34N4/c1-8-19(9-2)27-12-11-20-18(7)24-23(25-22(20)27)26(10-3)21-16(5)13-15(4)14-17(21)6/h13-14,19H,8-12H2,1-7H3. The van der Waals surface area contributed by atoms with E-state index in [9.17, 15) is 0 Å². The van der Waals surface area contributed by atoms with Crippen LogP contribution in [0, 0.1) is 27.7 Å². The van der Waals surface area contributed by atoms with Gasteiger partial charge in [0.25, 0.3) is 0 Å². The van der Waals surface area contributed by atoms with Crippen LogP contribution in [0.25, 0.3) is 0 Å². The van der Waals surface area contributed by atoms with Gasteiger partial charge in [0, 0.05) is 36.1 Å². The van der Waals surface area contributed by atoms with Gasteiger partial charge in [-0.15, -0.1) is 0 Å². The third kappa shape index (κ3) is 3.54. The van der Waals surface area contributed by atoms with Crippen molar-refractivity contribution in [1.82, 2.24) is 9.97 Å². The Balaban J connectivity index is 2.10. The molecule has 0 bridgehead atoms. The molecule has 4 heteroatoms. The van der Waals surface area contributed by atoms with Gasteiger partial charge in [-0.05, 0) is 65.0 Å². The summed E-state index contributed by atoms with van der Waals surface area (Å²) in [6.07, 6.45) is 3.37. The highest BCUT2D eigenvalue weighted by Gasteiger charge is 2.29. The molecule has 0 amide bonds. The second-order valence-corrected chi connectivity index (χ2v) is 7.82. The SMILES string of the molecule is CCC(CC)N1CCc2c(C)nc(N(CC)c3c(C)cc(C)cc3C)nc21. The maximum Gasteiger partial charge on any atom is 0.232 e. The number of benzene rings is 1. The highest BCUT2D eigenvalue weighted by atomic mass is 15.3. The molecular formula is C23H34N4. The van der Waals surface area contributed by atoms with Crippen LogP contribution in [0.4, 0.5) is 17.5 Å². The van der Waals surface area contributed by atoms with Crippen molar-refractivity contribution in [2.75, 3.05) is 22.9 Å². The van der Waals surface area contributed by atoms with Gasteiger partial charge >= 0.3 is 0 Å². The van der Waals surface area contributed by atoms with Gasteiger partial charge < -0.3 is 9.80 Å². The van der Waals surface area contributed by atoms with Crippen LogP contribution in [-0.2, 0) is 6.42 Å². The lowest BCUT2D eigenvalue weighted by Crippen LogP contribution is -2.33. The minimum atomic E-state index is 0.561. The van der Waals surface area contributed by atoms with E-state index in [2.05, 4.69) is 70.4 Å². The second kappa shape index (κ2) is 7.87. The number of fused-ring (bicyclic) bond motifs is 1. The van der Waals surface area contributed by atoms with Crippen molar-refractivity contribution in [1.29, 1.82) is 0 Å². The average Bonchev–Trinajstić information content (AvgIpc) is 3.03. The van der Waals surface area contributed by atoms with E-state index in [1.165, 1.54) is 27.9 Å². The van der Waals surface area contributed by atoms with E-state index in [1.54, 1.807) is 0 Å². The van der Waals surface area contributed by atoms with E-state index >= 15 is 0 Å². The first-order valence-electron chi connectivity index (χ1n) is 10.4. The minimum absolute atomic E-state index is 0.561. The Bertz CT molecular complexity index is 800. The van der Waals surface area contributed by atoms with Crippen molar-refractivity contribution >= 4 is 17.5 Å². The van der Waals surface area contributed by atoms with E-state index in [4.69, 9.17) is 9.97 Å². The average molecular weight is 367 g/mol. The Morgan fingerprint density at radius 3 is 2.19 bits per heavy atom. The van der Waals surface area contributed by atoms with Crippen LogP contribution in [-0.4, -0.2) is 29.1 Å². The fourth-order valence-corrected chi connectivity index (χ4v) is 4.64. The van der Waals surface area contributed by atoms with Crippen LogP contribution in [0.3, 0.4) is 0 Å². The monoisotopic (exact) mass is 366 g/mol. The maximum absolute atomic E-state index is 5.11. The van der Waals surface area contributed by atoms with Crippen LogP contribution in [0.1, 0.15) is 61.6 Å². The van der Waals surface area contributed by atoms with E-state index < -0.39 is 0 Å². The first-order chi connectivity index (χ1) is 12.9. The lowest BCUT2D eigenvalue weighted by molar-refractivity contribution is 0.567. The van der Waals surface area contributed by atoms with Gasteiger partial charge in [0.05, 0.1) is 0 Å². The Hall–Kier alpha value is -2.10. The van der Waals surface area contributed by atoms with Gasteiger partial charge in [-0.3, -0.25) is 0 Å². The molecule has 4 nitrogen and oxygen atoms in total. The lowest BCUT2D eigenvalue weighted by Gasteiger charge is -2.30. The lowest BCUT2D eigenvalue weighted by atomic mass is 10.0. The zero-order valence-electron chi connectivity index (χ0n) is 18.1. The Kier molecular flexibility index (Phi) is 5.73. The van der Waals surface area contributed by atoms with Crippen molar-refractivity contribution in [3.63, 3.8) is 0 Å². The Morgan fingerprint density at radius 2 is 1.63 bits per heavy atom. The fourth-order valence-electron chi connectivity index (χ4n) is 4.64. The zero-order valence-corrected chi connectivity index (χ0v) is 18.1. The fraction of sp³-hybridized carbons (Fsp3) is 0.565. The molecule has 0 N–H and O–H groups in total. The number of rotatable bonds is 6. The predicted octanol–water partition coefficient (Wildman–Crippen LogP) is 5.42. The Morgan fingerprint density at radius 1 is 1.00 bits per heavy atom. The van der Waals surface area contributed by atoms with Gasteiger partial charge in [-0.25, -0.2) is 4.98 Å². The van der Waals surface area contributed by atoms with Crippen LogP contribution in [0.15, 0.2) is 12.1 Å². The molecule has 1 aromatic carbocycles. The van der Waals surface area contributed by atoms with Gasteiger partial charge in [0.2, 0.25) is 5.95 Å². The molecule has 27 heavy (non-hydrogen) atoms. The summed E-state index contributed by atoms with van der Waals surface area (Å²) in [5.74, 6) is 1.99. The van der Waals surface area contributed by atoms with Gasteiger partial charge in [0.15, 0.2) is 0 Å². The maximum atomic E-state index is 5.11. The molecule has 1 aromatic heterocycles. The molecule has 1 aliphatic heterocycles. The number of aryl methyl sites for hydroxylation is 4. The van der Waals surface area contributed by atoms with Crippen molar-refractivity contribution in [3.8, 4) is 0 Å². The Labute approximate surface area is 164 Å². The molecule has 0 fully saturated rings. The summed E-state index contributed by atoms with van der Waals surface area (Å²) in [5, 5.41) is 0. The molecule has 1 aliphatic rings. The third-order valence-electron chi connectivity index (χ3n) is 5.90. The van der Waals surface area contributed by atoms with Gasteiger partial charge in [-0.1, -0.05) is 31.5 Å². The zero-order chi connectivity index (χ0) is 19.7. The topological polar surface area (TPSA) is 32.3 Å². The summed E-state index contributed by atoms with van der Waals surface area (Å²) in [6, 6.07) is 5.06. The van der Waals surface area contributed by atoms with E-state index in [0.29, 0.717) is 6.04 Å². The third-order valence-corrected chi connectivity index (χ3v) is 5.90. The molecule has 0 aliphatic carbocycles. The number of hydrogen-bond acceptors (Lipinski definition) is 4. The van der Waals surface area contributed by atoms with Crippen LogP contribution in [0.5, 0.6) is 0 Å². The molecule has 0 atom stereocenters. The van der Waals surface area contributed by atoms with Gasteiger partial charge in [-0.2, -0.15) is 4.98 Å². The second-order valence-electron chi connectivity index (χ2n) is 7.82. The summed E-state index contributed by atoms with van der Waals surface area (Å²) in [4.78, 5) is 14.8. The van der Waals surface area contributed by atoms with E-state index in [-0.39, 0.29) is 0 Å². The smallest absolute Gasteiger partial charge is 0.232 e. The van der Waals surface area contributed by atoms with E-state index in [1.807, 2.05) is 0 Å². The number of aromatic nitrogens is 2. The van der Waals surface area contributed by atoms with Crippen LogP contribution in [0.2, 0.25) is 0 Å². The van der Waals surface area contributed by atoms with Crippen LogP contribution >= 0.6 is 0 Å². The predicted molar refractivity (Wildman–Crippen MR) is 116 cm³/mol. The molecule has 0 radical (unpaired) electrons. The molecule has 3 rings (SSSR count). The number of nitrogens with zero attached hydrogens (tertiary/aromatic N) is 4. The van der Waals surface area contributed by atoms with E-state index in [0.717, 1.165) is 49.8 Å². The van der Waals surface area contributed by atoms with Crippen molar-refractivity contribution in [3.05, 3.63) is 40.1 Å². The number of hydrogen-bond donors (Lipinski definition) is 0. The molecule has 2 aromatic rings. The molecule has 0 saturated heterocycles. The molecular weight excluding hydrogens is 332 g/mol. The summed E-state index contributed by atoms with van der Waals surface area (Å²) < 4.78 is 0. The molecule has 0 saturated carbocycles. The normalized spacial score (nSPS) is 13.4. The van der Waals surface area contributed by atoms with Crippen molar-refractivity contribution < 1.29 is 0 Å². The van der Waals surface area contributed by atoms with Crippen LogP contribution < -0.4 is 9.80 Å². The molecule has 0 unspecified atom stereocenters. The minimum Gasteiger partial charge on any atom is -0.353 e.